The minimum Gasteiger partial charge on any atom is -0.481 e. The molecule has 1 aliphatic carbocycles. The number of aryl methyl sites for hydroxylation is 1. The minimum atomic E-state index is -3.92. The van der Waals surface area contributed by atoms with Crippen molar-refractivity contribution in [2.45, 2.75) is 43.0 Å². The third-order valence-corrected chi connectivity index (χ3v) is 5.18. The maximum atomic E-state index is 13.5. The van der Waals surface area contributed by atoms with Crippen molar-refractivity contribution in [3.05, 3.63) is 29.6 Å². The van der Waals surface area contributed by atoms with E-state index in [2.05, 4.69) is 4.72 Å². The van der Waals surface area contributed by atoms with Gasteiger partial charge in [0.1, 0.15) is 5.82 Å². The average Bonchev–Trinajstić information content (AvgIpc) is 2.28. The molecule has 1 aromatic carbocycles. The Bertz CT molecular complexity index is 638. The van der Waals surface area contributed by atoms with E-state index in [0.29, 0.717) is 18.4 Å². The lowest BCUT2D eigenvalue weighted by molar-refractivity contribution is -0.139. The zero-order valence-corrected chi connectivity index (χ0v) is 11.8. The summed E-state index contributed by atoms with van der Waals surface area (Å²) < 4.78 is 40.3. The van der Waals surface area contributed by atoms with Gasteiger partial charge in [-0.2, -0.15) is 0 Å². The topological polar surface area (TPSA) is 83.5 Å². The molecule has 0 aromatic heterocycles. The summed E-state index contributed by atoms with van der Waals surface area (Å²) >= 11 is 0. The van der Waals surface area contributed by atoms with Gasteiger partial charge in [0, 0.05) is 5.54 Å². The molecule has 1 fully saturated rings. The number of aliphatic carboxylic acids is 1. The zero-order valence-electron chi connectivity index (χ0n) is 11.0. The Labute approximate surface area is 116 Å². The normalized spacial score (nSPS) is 17.5. The number of rotatable bonds is 5. The van der Waals surface area contributed by atoms with Crippen molar-refractivity contribution in [2.24, 2.45) is 0 Å². The third kappa shape index (κ3) is 2.99. The maximum absolute atomic E-state index is 13.5. The van der Waals surface area contributed by atoms with Crippen LogP contribution in [0, 0.1) is 12.7 Å². The van der Waals surface area contributed by atoms with Crippen LogP contribution in [0.2, 0.25) is 0 Å². The van der Waals surface area contributed by atoms with E-state index < -0.39 is 27.3 Å². The standard InChI is InChI=1S/C13H16FNO4S/c1-9-3-4-10(7-11(9)14)20(18,19)15-13(5-2-6-13)8-12(16)17/h3-4,7,15H,2,5-6,8H2,1H3,(H,16,17). The number of benzene rings is 1. The van der Waals surface area contributed by atoms with Crippen LogP contribution in [-0.2, 0) is 14.8 Å². The molecule has 0 saturated heterocycles. The molecular formula is C13H16FNO4S. The summed E-state index contributed by atoms with van der Waals surface area (Å²) in [5.41, 5.74) is -0.584. The predicted octanol–water partition coefficient (Wildman–Crippen LogP) is 1.81. The number of halogens is 1. The first-order chi connectivity index (χ1) is 9.24. The molecule has 5 nitrogen and oxygen atoms in total. The first kappa shape index (κ1) is 14.9. The van der Waals surface area contributed by atoms with Crippen molar-refractivity contribution in [3.63, 3.8) is 0 Å². The molecule has 0 heterocycles. The highest BCUT2D eigenvalue weighted by atomic mass is 32.2. The van der Waals surface area contributed by atoms with Gasteiger partial charge in [-0.15, -0.1) is 0 Å². The van der Waals surface area contributed by atoms with Gasteiger partial charge >= 0.3 is 5.97 Å². The molecule has 0 amide bonds. The van der Waals surface area contributed by atoms with Crippen LogP contribution in [0.1, 0.15) is 31.2 Å². The fourth-order valence-electron chi connectivity index (χ4n) is 2.29. The van der Waals surface area contributed by atoms with Crippen molar-refractivity contribution >= 4 is 16.0 Å². The van der Waals surface area contributed by atoms with Gasteiger partial charge in [-0.3, -0.25) is 4.79 Å². The number of carboxylic acids is 1. The second-order valence-corrected chi connectivity index (χ2v) is 6.90. The highest BCUT2D eigenvalue weighted by Gasteiger charge is 2.42. The van der Waals surface area contributed by atoms with E-state index in [1.54, 1.807) is 0 Å². The van der Waals surface area contributed by atoms with Crippen molar-refractivity contribution in [2.75, 3.05) is 0 Å². The number of sulfonamides is 1. The van der Waals surface area contributed by atoms with Gasteiger partial charge in [0.15, 0.2) is 0 Å². The third-order valence-electron chi connectivity index (χ3n) is 3.60. The molecule has 0 unspecified atom stereocenters. The van der Waals surface area contributed by atoms with E-state index in [4.69, 9.17) is 5.11 Å². The number of hydrogen-bond acceptors (Lipinski definition) is 3. The fraction of sp³-hybridized carbons (Fsp3) is 0.462. The molecule has 1 saturated carbocycles. The zero-order chi connectivity index (χ0) is 15.0. The summed E-state index contributed by atoms with van der Waals surface area (Å²) in [6, 6.07) is 3.65. The van der Waals surface area contributed by atoms with E-state index in [1.165, 1.54) is 19.1 Å². The number of hydrogen-bond donors (Lipinski definition) is 2. The number of nitrogens with one attached hydrogen (secondary N) is 1. The van der Waals surface area contributed by atoms with Gasteiger partial charge in [-0.25, -0.2) is 17.5 Å². The molecule has 7 heteroatoms. The van der Waals surface area contributed by atoms with E-state index >= 15 is 0 Å². The SMILES string of the molecule is Cc1ccc(S(=O)(=O)NC2(CC(=O)O)CCC2)cc1F. The highest BCUT2D eigenvalue weighted by Crippen LogP contribution is 2.36. The molecule has 0 bridgehead atoms. The Morgan fingerprint density at radius 1 is 1.45 bits per heavy atom. The van der Waals surface area contributed by atoms with Gasteiger partial charge in [0.25, 0.3) is 0 Å². The summed E-state index contributed by atoms with van der Waals surface area (Å²) in [7, 11) is -3.92. The highest BCUT2D eigenvalue weighted by molar-refractivity contribution is 7.89. The second-order valence-electron chi connectivity index (χ2n) is 5.22. The Kier molecular flexibility index (Phi) is 3.84. The van der Waals surface area contributed by atoms with E-state index in [1.807, 2.05) is 0 Å². The van der Waals surface area contributed by atoms with Gasteiger partial charge in [0.2, 0.25) is 10.0 Å². The van der Waals surface area contributed by atoms with Crippen molar-refractivity contribution in [1.82, 2.24) is 4.72 Å². The Morgan fingerprint density at radius 3 is 2.55 bits per heavy atom. The van der Waals surface area contributed by atoms with E-state index in [9.17, 15) is 17.6 Å². The molecule has 2 rings (SSSR count). The van der Waals surface area contributed by atoms with Gasteiger partial charge in [-0.1, -0.05) is 6.07 Å². The summed E-state index contributed by atoms with van der Waals surface area (Å²) in [6.45, 7) is 1.54. The monoisotopic (exact) mass is 301 g/mol. The lowest BCUT2D eigenvalue weighted by Crippen LogP contribution is -2.54. The number of carboxylic acid groups (broad SMARTS) is 1. The molecule has 1 aromatic rings. The van der Waals surface area contributed by atoms with Crippen LogP contribution in [0.5, 0.6) is 0 Å². The van der Waals surface area contributed by atoms with Crippen molar-refractivity contribution in [1.29, 1.82) is 0 Å². The molecule has 0 spiro atoms. The molecule has 0 aliphatic heterocycles. The quantitative estimate of drug-likeness (QED) is 0.869. The maximum Gasteiger partial charge on any atom is 0.305 e. The molecule has 20 heavy (non-hydrogen) atoms. The second kappa shape index (κ2) is 5.14. The molecular weight excluding hydrogens is 285 g/mol. The van der Waals surface area contributed by atoms with Crippen LogP contribution in [0.15, 0.2) is 23.1 Å². The largest absolute Gasteiger partial charge is 0.481 e. The first-order valence-corrected chi connectivity index (χ1v) is 7.74. The van der Waals surface area contributed by atoms with Crippen molar-refractivity contribution in [3.8, 4) is 0 Å². The Morgan fingerprint density at radius 2 is 2.10 bits per heavy atom. The lowest BCUT2D eigenvalue weighted by atomic mass is 9.75. The van der Waals surface area contributed by atoms with Crippen LogP contribution < -0.4 is 4.72 Å². The molecule has 2 N–H and O–H groups in total. The van der Waals surface area contributed by atoms with Crippen LogP contribution in [0.25, 0.3) is 0 Å². The van der Waals surface area contributed by atoms with Gasteiger partial charge in [0.05, 0.1) is 11.3 Å². The molecule has 1 aliphatic rings. The molecule has 110 valence electrons. The molecule has 0 radical (unpaired) electrons. The lowest BCUT2D eigenvalue weighted by Gasteiger charge is -2.40. The Balaban J connectivity index is 2.26. The van der Waals surface area contributed by atoms with Crippen molar-refractivity contribution < 1.29 is 22.7 Å². The van der Waals surface area contributed by atoms with Gasteiger partial charge < -0.3 is 5.11 Å². The summed E-state index contributed by atoms with van der Waals surface area (Å²) in [6.07, 6.45) is 1.47. The van der Waals surface area contributed by atoms with Crippen LogP contribution >= 0.6 is 0 Å². The summed E-state index contributed by atoms with van der Waals surface area (Å²) in [4.78, 5) is 10.7. The minimum absolute atomic E-state index is 0.183. The smallest absolute Gasteiger partial charge is 0.305 e. The molecule has 0 atom stereocenters. The first-order valence-electron chi connectivity index (χ1n) is 6.26. The number of carbonyl (C=O) groups is 1. The Hall–Kier alpha value is -1.47. The fourth-order valence-corrected chi connectivity index (χ4v) is 3.76. The average molecular weight is 301 g/mol. The van der Waals surface area contributed by atoms with E-state index in [0.717, 1.165) is 12.5 Å². The summed E-state index contributed by atoms with van der Waals surface area (Å²) in [5.74, 6) is -1.66. The van der Waals surface area contributed by atoms with E-state index in [-0.39, 0.29) is 11.3 Å². The van der Waals surface area contributed by atoms with Crippen LogP contribution in [0.3, 0.4) is 0 Å². The summed E-state index contributed by atoms with van der Waals surface area (Å²) in [5, 5.41) is 8.87. The van der Waals surface area contributed by atoms with Crippen LogP contribution in [-0.4, -0.2) is 25.0 Å². The van der Waals surface area contributed by atoms with Crippen LogP contribution in [0.4, 0.5) is 4.39 Å². The van der Waals surface area contributed by atoms with Gasteiger partial charge in [-0.05, 0) is 43.9 Å². The predicted molar refractivity (Wildman–Crippen MR) is 70.3 cm³/mol.